The van der Waals surface area contributed by atoms with Gasteiger partial charge in [-0.2, -0.15) is 0 Å². The summed E-state index contributed by atoms with van der Waals surface area (Å²) in [6.07, 6.45) is 10.5. The third-order valence-electron chi connectivity index (χ3n) is 9.22. The van der Waals surface area contributed by atoms with Crippen LogP contribution in [0.4, 0.5) is 0 Å². The molecular formula is C31H49ClN4O2. The number of amides is 2. The van der Waals surface area contributed by atoms with Crippen LogP contribution in [0, 0.1) is 11.3 Å². The average molecular weight is 545 g/mol. The first-order chi connectivity index (χ1) is 18.1. The second-order valence-corrected chi connectivity index (χ2v) is 13.5. The van der Waals surface area contributed by atoms with E-state index < -0.39 is 0 Å². The molecule has 2 atom stereocenters. The minimum atomic E-state index is -0.365. The van der Waals surface area contributed by atoms with Gasteiger partial charge in [0.1, 0.15) is 0 Å². The largest absolute Gasteiger partial charge is 0.351 e. The Kier molecular flexibility index (Phi) is 9.81. The lowest BCUT2D eigenvalue weighted by Gasteiger charge is -2.48. The molecule has 1 unspecified atom stereocenters. The smallest absolute Gasteiger partial charge is 0.240 e. The molecule has 1 aliphatic carbocycles. The van der Waals surface area contributed by atoms with Crippen LogP contribution in [0.25, 0.3) is 0 Å². The molecule has 6 nitrogen and oxygen atoms in total. The summed E-state index contributed by atoms with van der Waals surface area (Å²) in [6, 6.07) is 8.03. The van der Waals surface area contributed by atoms with E-state index in [9.17, 15) is 9.59 Å². The van der Waals surface area contributed by atoms with Crippen LogP contribution in [-0.4, -0.2) is 72.5 Å². The van der Waals surface area contributed by atoms with E-state index in [2.05, 4.69) is 43.4 Å². The number of hydrogen-bond acceptors (Lipinski definition) is 4. The van der Waals surface area contributed by atoms with Crippen molar-refractivity contribution in [1.82, 2.24) is 20.4 Å². The molecule has 7 heteroatoms. The number of likely N-dealkylation sites (tertiary alicyclic amines) is 2. The Morgan fingerprint density at radius 2 is 1.66 bits per heavy atom. The van der Waals surface area contributed by atoms with E-state index in [1.54, 1.807) is 0 Å². The number of carbonyl (C=O) groups is 2. The van der Waals surface area contributed by atoms with Gasteiger partial charge in [-0.3, -0.25) is 9.59 Å². The molecule has 1 aromatic carbocycles. The third kappa shape index (κ3) is 7.31. The van der Waals surface area contributed by atoms with E-state index >= 15 is 0 Å². The highest BCUT2D eigenvalue weighted by Gasteiger charge is 2.49. The van der Waals surface area contributed by atoms with E-state index in [0.29, 0.717) is 36.5 Å². The minimum absolute atomic E-state index is 0.161. The summed E-state index contributed by atoms with van der Waals surface area (Å²) in [5, 5.41) is 7.67. The van der Waals surface area contributed by atoms with Gasteiger partial charge in [0.15, 0.2) is 0 Å². The van der Waals surface area contributed by atoms with Crippen molar-refractivity contribution >= 4 is 23.4 Å². The number of nitrogens with zero attached hydrogens (tertiary/aromatic N) is 2. The second kappa shape index (κ2) is 12.7. The summed E-state index contributed by atoms with van der Waals surface area (Å²) in [6.45, 7) is 9.42. The first-order valence-electron chi connectivity index (χ1n) is 14.9. The lowest BCUT2D eigenvalue weighted by molar-refractivity contribution is -0.147. The Balaban J connectivity index is 1.47. The van der Waals surface area contributed by atoms with Gasteiger partial charge >= 0.3 is 0 Å². The van der Waals surface area contributed by atoms with Gasteiger partial charge in [0.25, 0.3) is 0 Å². The molecule has 1 aromatic rings. The molecule has 38 heavy (non-hydrogen) atoms. The highest BCUT2D eigenvalue weighted by atomic mass is 35.5. The Morgan fingerprint density at radius 1 is 1.00 bits per heavy atom. The van der Waals surface area contributed by atoms with Crippen LogP contribution in [0.2, 0.25) is 5.02 Å². The monoisotopic (exact) mass is 544 g/mol. The van der Waals surface area contributed by atoms with Crippen molar-refractivity contribution in [2.24, 2.45) is 11.3 Å². The maximum atomic E-state index is 14.0. The van der Waals surface area contributed by atoms with E-state index in [0.717, 1.165) is 44.3 Å². The average Bonchev–Trinajstić information content (AvgIpc) is 3.31. The maximum Gasteiger partial charge on any atom is 0.240 e. The first-order valence-corrected chi connectivity index (χ1v) is 15.2. The van der Waals surface area contributed by atoms with Gasteiger partial charge in [0.2, 0.25) is 11.8 Å². The summed E-state index contributed by atoms with van der Waals surface area (Å²) in [4.78, 5) is 32.1. The van der Waals surface area contributed by atoms with Crippen LogP contribution < -0.4 is 10.6 Å². The number of rotatable bonds is 8. The van der Waals surface area contributed by atoms with Crippen molar-refractivity contribution in [2.45, 2.75) is 103 Å². The van der Waals surface area contributed by atoms with Gasteiger partial charge in [-0.05, 0) is 103 Å². The van der Waals surface area contributed by atoms with Crippen molar-refractivity contribution in [1.29, 1.82) is 0 Å². The summed E-state index contributed by atoms with van der Waals surface area (Å²) >= 11 is 6.12. The van der Waals surface area contributed by atoms with Crippen molar-refractivity contribution < 1.29 is 9.59 Å². The van der Waals surface area contributed by atoms with Gasteiger partial charge in [-0.1, -0.05) is 43.0 Å². The topological polar surface area (TPSA) is 64.7 Å². The lowest BCUT2D eigenvalue weighted by atomic mass is 9.63. The van der Waals surface area contributed by atoms with E-state index in [1.807, 2.05) is 29.2 Å². The standard InChI is InChI=1S/C31H49ClN4O2/c1-30(2,3)34-29(38)31(24-9-6-5-7-10-24)16-19-36(20-17-31)28(37)27(21-23-12-14-25(32)15-13-23)33-22-26-11-8-18-35(26)4/h12-15,24,26-27,33H,5-11,16-22H2,1-4H3,(H,34,38)/t26?,27-/m1/s1. The molecule has 212 valence electrons. The molecule has 0 aromatic heterocycles. The second-order valence-electron chi connectivity index (χ2n) is 13.1. The fraction of sp³-hybridized carbons (Fsp3) is 0.742. The van der Waals surface area contributed by atoms with Crippen LogP contribution >= 0.6 is 11.6 Å². The Hall–Kier alpha value is -1.63. The zero-order valence-electron chi connectivity index (χ0n) is 24.0. The summed E-state index contributed by atoms with van der Waals surface area (Å²) in [5.41, 5.74) is 0.487. The molecule has 2 N–H and O–H groups in total. The van der Waals surface area contributed by atoms with Gasteiger partial charge < -0.3 is 20.4 Å². The number of likely N-dealkylation sites (N-methyl/N-ethyl adjacent to an activating group) is 1. The van der Waals surface area contributed by atoms with Gasteiger partial charge in [-0.15, -0.1) is 0 Å². The molecule has 2 heterocycles. The minimum Gasteiger partial charge on any atom is -0.351 e. The van der Waals surface area contributed by atoms with Crippen molar-refractivity contribution in [3.63, 3.8) is 0 Å². The fourth-order valence-electron chi connectivity index (χ4n) is 6.91. The number of carbonyl (C=O) groups excluding carboxylic acids is 2. The predicted octanol–water partition coefficient (Wildman–Crippen LogP) is 5.04. The van der Waals surface area contributed by atoms with E-state index in [4.69, 9.17) is 11.6 Å². The van der Waals surface area contributed by atoms with Gasteiger partial charge in [0, 0.05) is 36.2 Å². The van der Waals surface area contributed by atoms with Gasteiger partial charge in [-0.25, -0.2) is 0 Å². The van der Waals surface area contributed by atoms with Crippen LogP contribution in [0.1, 0.15) is 84.1 Å². The number of nitrogens with one attached hydrogen (secondary N) is 2. The molecular weight excluding hydrogens is 496 g/mol. The molecule has 0 spiro atoms. The highest BCUT2D eigenvalue weighted by molar-refractivity contribution is 6.30. The van der Waals surface area contributed by atoms with E-state index in [1.165, 1.54) is 32.1 Å². The predicted molar refractivity (Wildman–Crippen MR) is 155 cm³/mol. The number of hydrogen-bond donors (Lipinski definition) is 2. The van der Waals surface area contributed by atoms with Crippen LogP contribution in [0.15, 0.2) is 24.3 Å². The molecule has 0 bridgehead atoms. The zero-order valence-corrected chi connectivity index (χ0v) is 24.8. The maximum absolute atomic E-state index is 14.0. The summed E-state index contributed by atoms with van der Waals surface area (Å²) in [5.74, 6) is 0.773. The highest BCUT2D eigenvalue weighted by Crippen LogP contribution is 2.46. The molecule has 1 saturated carbocycles. The Bertz CT molecular complexity index is 930. The molecule has 3 fully saturated rings. The lowest BCUT2D eigenvalue weighted by Crippen LogP contribution is -2.59. The number of benzene rings is 1. The van der Waals surface area contributed by atoms with E-state index in [-0.39, 0.29) is 28.8 Å². The van der Waals surface area contributed by atoms with Crippen molar-refractivity contribution in [2.75, 3.05) is 33.2 Å². The summed E-state index contributed by atoms with van der Waals surface area (Å²) in [7, 11) is 2.17. The van der Waals surface area contributed by atoms with Crippen LogP contribution in [0.5, 0.6) is 0 Å². The molecule has 2 amide bonds. The normalized spacial score (nSPS) is 23.8. The first kappa shape index (κ1) is 29.4. The Labute approximate surface area is 235 Å². The summed E-state index contributed by atoms with van der Waals surface area (Å²) < 4.78 is 0. The van der Waals surface area contributed by atoms with Crippen LogP contribution in [0.3, 0.4) is 0 Å². The van der Waals surface area contributed by atoms with Gasteiger partial charge in [0.05, 0.1) is 11.5 Å². The molecule has 3 aliphatic rings. The SMILES string of the molecule is CN1CCCC1CN[C@H](Cc1ccc(Cl)cc1)C(=O)N1CCC(C(=O)NC(C)(C)C)(C2CCCCC2)CC1. The van der Waals surface area contributed by atoms with Crippen molar-refractivity contribution in [3.8, 4) is 0 Å². The number of halogens is 1. The Morgan fingerprint density at radius 3 is 2.24 bits per heavy atom. The quantitative estimate of drug-likeness (QED) is 0.481. The number of piperidine rings is 1. The molecule has 2 aliphatic heterocycles. The fourth-order valence-corrected chi connectivity index (χ4v) is 7.03. The molecule has 2 saturated heterocycles. The zero-order chi connectivity index (χ0) is 27.3. The van der Waals surface area contributed by atoms with Crippen molar-refractivity contribution in [3.05, 3.63) is 34.9 Å². The third-order valence-corrected chi connectivity index (χ3v) is 9.47. The molecule has 4 rings (SSSR count). The van der Waals surface area contributed by atoms with Crippen LogP contribution in [-0.2, 0) is 16.0 Å². The molecule has 0 radical (unpaired) electrons.